The standard InChI is InChI=1S/C17H22F3NO3/c1-3-4-13(16(23)24)10-21-15(22)9-11(2)12-5-7-14(8-6-12)17(18,19)20/h5-8,11,13H,3-4,9-10H2,1-2H3,(H,21,22)(H,23,24). The molecule has 1 amide bonds. The molecule has 0 saturated heterocycles. The first-order valence-corrected chi connectivity index (χ1v) is 7.81. The van der Waals surface area contributed by atoms with Gasteiger partial charge in [0.2, 0.25) is 5.91 Å². The average Bonchev–Trinajstić information content (AvgIpc) is 2.50. The molecule has 0 radical (unpaired) electrons. The predicted molar refractivity (Wildman–Crippen MR) is 83.5 cm³/mol. The Labute approximate surface area is 139 Å². The van der Waals surface area contributed by atoms with E-state index in [4.69, 9.17) is 5.11 Å². The second-order valence-electron chi connectivity index (χ2n) is 5.85. The largest absolute Gasteiger partial charge is 0.481 e. The van der Waals surface area contributed by atoms with Gasteiger partial charge in [-0.1, -0.05) is 32.4 Å². The molecule has 0 bridgehead atoms. The zero-order chi connectivity index (χ0) is 18.3. The van der Waals surface area contributed by atoms with Gasteiger partial charge in [-0.25, -0.2) is 0 Å². The summed E-state index contributed by atoms with van der Waals surface area (Å²) < 4.78 is 37.6. The number of alkyl halides is 3. The molecule has 4 nitrogen and oxygen atoms in total. The van der Waals surface area contributed by atoms with Crippen LogP contribution >= 0.6 is 0 Å². The smallest absolute Gasteiger partial charge is 0.416 e. The van der Waals surface area contributed by atoms with Gasteiger partial charge in [0.1, 0.15) is 0 Å². The summed E-state index contributed by atoms with van der Waals surface area (Å²) >= 11 is 0. The summed E-state index contributed by atoms with van der Waals surface area (Å²) in [5.74, 6) is -2.15. The van der Waals surface area contributed by atoms with Crippen LogP contribution < -0.4 is 5.32 Å². The van der Waals surface area contributed by atoms with E-state index in [0.717, 1.165) is 12.1 Å². The molecule has 2 N–H and O–H groups in total. The fraction of sp³-hybridized carbons (Fsp3) is 0.529. The van der Waals surface area contributed by atoms with E-state index in [2.05, 4.69) is 5.32 Å². The molecule has 134 valence electrons. The zero-order valence-electron chi connectivity index (χ0n) is 13.7. The van der Waals surface area contributed by atoms with Crippen LogP contribution in [0, 0.1) is 5.92 Å². The van der Waals surface area contributed by atoms with Crippen LogP contribution in [0.4, 0.5) is 13.2 Å². The molecule has 1 aromatic carbocycles. The van der Waals surface area contributed by atoms with Gasteiger partial charge in [0.25, 0.3) is 0 Å². The van der Waals surface area contributed by atoms with Crippen LogP contribution in [-0.4, -0.2) is 23.5 Å². The van der Waals surface area contributed by atoms with Crippen molar-refractivity contribution in [1.29, 1.82) is 0 Å². The van der Waals surface area contributed by atoms with E-state index in [-0.39, 0.29) is 24.8 Å². The third-order valence-corrected chi connectivity index (χ3v) is 3.83. The Morgan fingerprint density at radius 1 is 1.21 bits per heavy atom. The Morgan fingerprint density at radius 2 is 1.79 bits per heavy atom. The Kier molecular flexibility index (Phi) is 7.25. The van der Waals surface area contributed by atoms with Gasteiger partial charge in [-0.2, -0.15) is 13.2 Å². The number of amides is 1. The lowest BCUT2D eigenvalue weighted by Gasteiger charge is -2.15. The highest BCUT2D eigenvalue weighted by molar-refractivity contribution is 5.78. The number of aliphatic carboxylic acids is 1. The molecule has 0 aliphatic rings. The quantitative estimate of drug-likeness (QED) is 0.753. The molecule has 0 aliphatic carbocycles. The summed E-state index contributed by atoms with van der Waals surface area (Å²) in [5.41, 5.74) is -0.103. The average molecular weight is 345 g/mol. The predicted octanol–water partition coefficient (Wildman–Crippen LogP) is 3.82. The summed E-state index contributed by atoms with van der Waals surface area (Å²) in [5, 5.41) is 11.6. The zero-order valence-corrected chi connectivity index (χ0v) is 13.7. The normalized spacial score (nSPS) is 14.0. The number of hydrogen-bond donors (Lipinski definition) is 2. The van der Waals surface area contributed by atoms with Crippen molar-refractivity contribution in [3.63, 3.8) is 0 Å². The highest BCUT2D eigenvalue weighted by Gasteiger charge is 2.30. The number of carboxylic acids is 1. The van der Waals surface area contributed by atoms with Crippen LogP contribution in [0.3, 0.4) is 0 Å². The number of carbonyl (C=O) groups excluding carboxylic acids is 1. The van der Waals surface area contributed by atoms with Gasteiger partial charge in [0.15, 0.2) is 0 Å². The first kappa shape index (κ1) is 20.0. The summed E-state index contributed by atoms with van der Waals surface area (Å²) in [6.45, 7) is 3.66. The van der Waals surface area contributed by atoms with E-state index in [1.165, 1.54) is 12.1 Å². The van der Waals surface area contributed by atoms with Crippen molar-refractivity contribution in [3.8, 4) is 0 Å². The molecule has 0 saturated carbocycles. The fourth-order valence-electron chi connectivity index (χ4n) is 2.37. The van der Waals surface area contributed by atoms with Crippen molar-refractivity contribution in [2.75, 3.05) is 6.54 Å². The first-order valence-electron chi connectivity index (χ1n) is 7.81. The fourth-order valence-corrected chi connectivity index (χ4v) is 2.37. The highest BCUT2D eigenvalue weighted by atomic mass is 19.4. The molecule has 0 aliphatic heterocycles. The summed E-state index contributed by atoms with van der Waals surface area (Å²) in [7, 11) is 0. The second kappa shape index (κ2) is 8.70. The molecule has 0 fully saturated rings. The molecule has 0 spiro atoms. The molecular formula is C17H22F3NO3. The van der Waals surface area contributed by atoms with E-state index in [0.29, 0.717) is 18.4 Å². The molecular weight excluding hydrogens is 323 g/mol. The van der Waals surface area contributed by atoms with Crippen molar-refractivity contribution in [2.45, 2.75) is 45.2 Å². The van der Waals surface area contributed by atoms with Crippen LogP contribution in [0.2, 0.25) is 0 Å². The van der Waals surface area contributed by atoms with E-state index in [1.807, 2.05) is 6.92 Å². The van der Waals surface area contributed by atoms with Gasteiger partial charge in [0.05, 0.1) is 11.5 Å². The monoisotopic (exact) mass is 345 g/mol. The maximum Gasteiger partial charge on any atom is 0.416 e. The summed E-state index contributed by atoms with van der Waals surface area (Å²) in [6, 6.07) is 4.70. The van der Waals surface area contributed by atoms with E-state index < -0.39 is 23.6 Å². The molecule has 1 rings (SSSR count). The summed E-state index contributed by atoms with van der Waals surface area (Å²) in [4.78, 5) is 22.9. The van der Waals surface area contributed by atoms with Crippen molar-refractivity contribution >= 4 is 11.9 Å². The van der Waals surface area contributed by atoms with Crippen LogP contribution in [0.1, 0.15) is 50.2 Å². The number of halogens is 3. The van der Waals surface area contributed by atoms with Crippen LogP contribution in [0.5, 0.6) is 0 Å². The maximum absolute atomic E-state index is 12.5. The van der Waals surface area contributed by atoms with Gasteiger partial charge in [0, 0.05) is 13.0 Å². The lowest BCUT2D eigenvalue weighted by molar-refractivity contribution is -0.142. The van der Waals surface area contributed by atoms with Gasteiger partial charge >= 0.3 is 12.1 Å². The molecule has 1 aromatic rings. The van der Waals surface area contributed by atoms with Gasteiger partial charge < -0.3 is 10.4 Å². The van der Waals surface area contributed by atoms with Crippen LogP contribution in [-0.2, 0) is 15.8 Å². The Hall–Kier alpha value is -2.05. The molecule has 24 heavy (non-hydrogen) atoms. The van der Waals surface area contributed by atoms with Gasteiger partial charge in [-0.3, -0.25) is 9.59 Å². The first-order chi connectivity index (χ1) is 11.1. The molecule has 0 aromatic heterocycles. The van der Waals surface area contributed by atoms with Crippen molar-refractivity contribution in [3.05, 3.63) is 35.4 Å². The number of rotatable bonds is 8. The number of benzene rings is 1. The third-order valence-electron chi connectivity index (χ3n) is 3.83. The second-order valence-corrected chi connectivity index (χ2v) is 5.85. The Bertz CT molecular complexity index is 555. The number of carbonyl (C=O) groups is 2. The minimum absolute atomic E-state index is 0.0573. The SMILES string of the molecule is CCCC(CNC(=O)CC(C)c1ccc(C(F)(F)F)cc1)C(=O)O. The maximum atomic E-state index is 12.5. The highest BCUT2D eigenvalue weighted by Crippen LogP contribution is 2.30. The van der Waals surface area contributed by atoms with E-state index >= 15 is 0 Å². The van der Waals surface area contributed by atoms with Crippen LogP contribution in [0.15, 0.2) is 24.3 Å². The number of carboxylic acid groups (broad SMARTS) is 1. The molecule has 0 heterocycles. The summed E-state index contributed by atoms with van der Waals surface area (Å²) in [6.07, 6.45) is -3.12. The van der Waals surface area contributed by atoms with Crippen molar-refractivity contribution < 1.29 is 27.9 Å². The molecule has 2 atom stereocenters. The third kappa shape index (κ3) is 6.22. The van der Waals surface area contributed by atoms with Crippen molar-refractivity contribution in [1.82, 2.24) is 5.32 Å². The van der Waals surface area contributed by atoms with E-state index in [1.54, 1.807) is 6.92 Å². The van der Waals surface area contributed by atoms with Gasteiger partial charge in [-0.05, 0) is 30.0 Å². The topological polar surface area (TPSA) is 66.4 Å². The minimum Gasteiger partial charge on any atom is -0.481 e. The van der Waals surface area contributed by atoms with E-state index in [9.17, 15) is 22.8 Å². The molecule has 2 unspecified atom stereocenters. The molecule has 7 heteroatoms. The lowest BCUT2D eigenvalue weighted by Crippen LogP contribution is -2.33. The minimum atomic E-state index is -4.38. The van der Waals surface area contributed by atoms with Crippen LogP contribution in [0.25, 0.3) is 0 Å². The van der Waals surface area contributed by atoms with Crippen molar-refractivity contribution in [2.24, 2.45) is 5.92 Å². The lowest BCUT2D eigenvalue weighted by atomic mass is 9.96. The van der Waals surface area contributed by atoms with Gasteiger partial charge in [-0.15, -0.1) is 0 Å². The number of nitrogens with one attached hydrogen (secondary N) is 1. The Balaban J connectivity index is 2.56. The number of hydrogen-bond acceptors (Lipinski definition) is 2. The Morgan fingerprint density at radius 3 is 2.25 bits per heavy atom.